The molecule has 4 nitrogen and oxygen atoms in total. The van der Waals surface area contributed by atoms with Gasteiger partial charge < -0.3 is 20.3 Å². The highest BCUT2D eigenvalue weighted by atomic mass is 16.5. The number of aliphatic hydroxyl groups excluding tert-OH is 1. The van der Waals surface area contributed by atoms with Crippen LogP contribution in [-0.4, -0.2) is 23.4 Å². The third-order valence-corrected chi connectivity index (χ3v) is 4.62. The quantitative estimate of drug-likeness (QED) is 0.767. The number of hydrogen-bond donors (Lipinski definition) is 3. The number of hydrogen-bond acceptors (Lipinski definition) is 4. The fourth-order valence-electron chi connectivity index (χ4n) is 3.34. The molecule has 0 saturated carbocycles. The highest BCUT2D eigenvalue weighted by Crippen LogP contribution is 2.37. The minimum absolute atomic E-state index is 0.0376. The Labute approximate surface area is 136 Å². The zero-order chi connectivity index (χ0) is 16.3. The third-order valence-electron chi connectivity index (χ3n) is 4.62. The lowest BCUT2D eigenvalue weighted by atomic mass is 9.92. The Morgan fingerprint density at radius 2 is 2.00 bits per heavy atom. The molecule has 2 aromatic carbocycles. The number of ether oxygens (including phenoxy) is 1. The lowest BCUT2D eigenvalue weighted by Gasteiger charge is -2.30. The molecule has 0 aromatic heterocycles. The Morgan fingerprint density at radius 3 is 2.78 bits per heavy atom. The van der Waals surface area contributed by atoms with E-state index >= 15 is 0 Å². The molecule has 0 amide bonds. The molecule has 0 aliphatic heterocycles. The molecule has 4 heteroatoms. The number of aliphatic hydroxyl groups is 1. The number of rotatable bonds is 6. The minimum atomic E-state index is -0.440. The molecule has 1 atom stereocenters. The van der Waals surface area contributed by atoms with Crippen molar-refractivity contribution in [2.45, 2.75) is 31.8 Å². The lowest BCUT2D eigenvalue weighted by Crippen LogP contribution is -2.43. The van der Waals surface area contributed by atoms with Crippen LogP contribution >= 0.6 is 0 Å². The molecule has 0 radical (unpaired) electrons. The Kier molecular flexibility index (Phi) is 4.55. The van der Waals surface area contributed by atoms with Gasteiger partial charge in [0.2, 0.25) is 0 Å². The largest absolute Gasteiger partial charge is 0.504 e. The van der Waals surface area contributed by atoms with Gasteiger partial charge >= 0.3 is 0 Å². The van der Waals surface area contributed by atoms with E-state index in [9.17, 15) is 10.2 Å². The molecule has 0 fully saturated rings. The van der Waals surface area contributed by atoms with Gasteiger partial charge in [0.1, 0.15) is 0 Å². The molecule has 1 unspecified atom stereocenters. The second-order valence-electron chi connectivity index (χ2n) is 5.95. The van der Waals surface area contributed by atoms with Crippen LogP contribution in [0, 0.1) is 0 Å². The summed E-state index contributed by atoms with van der Waals surface area (Å²) in [5.41, 5.74) is 2.77. The molecule has 0 saturated heterocycles. The van der Waals surface area contributed by atoms with Crippen LogP contribution in [0.25, 0.3) is 0 Å². The Bertz CT molecular complexity index is 686. The summed E-state index contributed by atoms with van der Waals surface area (Å²) in [6.07, 6.45) is 1.81. The number of para-hydroxylation sites is 1. The van der Waals surface area contributed by atoms with Crippen LogP contribution in [0.5, 0.6) is 11.5 Å². The van der Waals surface area contributed by atoms with Crippen LogP contribution in [0.1, 0.15) is 30.0 Å². The number of aromatic hydroxyl groups is 1. The van der Waals surface area contributed by atoms with Crippen molar-refractivity contribution in [1.82, 2.24) is 5.32 Å². The van der Waals surface area contributed by atoms with Crippen molar-refractivity contribution >= 4 is 0 Å². The van der Waals surface area contributed by atoms with E-state index in [0.717, 1.165) is 24.0 Å². The number of phenolic OH excluding ortho intramolecular Hbond substituents is 1. The first-order valence-electron chi connectivity index (χ1n) is 8.08. The topological polar surface area (TPSA) is 61.7 Å². The van der Waals surface area contributed by atoms with Gasteiger partial charge in [-0.2, -0.15) is 0 Å². The van der Waals surface area contributed by atoms with E-state index in [1.165, 1.54) is 5.56 Å². The predicted molar refractivity (Wildman–Crippen MR) is 89.6 cm³/mol. The van der Waals surface area contributed by atoms with Crippen LogP contribution in [0.3, 0.4) is 0 Å². The molecule has 3 rings (SSSR count). The molecule has 0 heterocycles. The molecule has 0 bridgehead atoms. The molecule has 1 aliphatic rings. The van der Waals surface area contributed by atoms with Crippen LogP contribution < -0.4 is 10.1 Å². The maximum atomic E-state index is 10.3. The highest BCUT2D eigenvalue weighted by Gasteiger charge is 2.37. The van der Waals surface area contributed by atoms with E-state index < -0.39 is 5.54 Å². The van der Waals surface area contributed by atoms with Crippen molar-refractivity contribution in [2.24, 2.45) is 0 Å². The van der Waals surface area contributed by atoms with Crippen molar-refractivity contribution in [3.63, 3.8) is 0 Å². The van der Waals surface area contributed by atoms with E-state index in [2.05, 4.69) is 17.4 Å². The second-order valence-corrected chi connectivity index (χ2v) is 5.95. The summed E-state index contributed by atoms with van der Waals surface area (Å²) in [6.45, 7) is 2.91. The van der Waals surface area contributed by atoms with Crippen LogP contribution in [0.4, 0.5) is 0 Å². The fourth-order valence-corrected chi connectivity index (χ4v) is 3.34. The monoisotopic (exact) mass is 313 g/mol. The van der Waals surface area contributed by atoms with Crippen LogP contribution in [-0.2, 0) is 18.5 Å². The van der Waals surface area contributed by atoms with Crippen molar-refractivity contribution < 1.29 is 14.9 Å². The molecular weight excluding hydrogens is 290 g/mol. The molecular formula is C19H23NO3. The first kappa shape index (κ1) is 15.8. The molecule has 23 heavy (non-hydrogen) atoms. The zero-order valence-corrected chi connectivity index (χ0v) is 13.4. The number of nitrogens with one attached hydrogen (secondary N) is 1. The van der Waals surface area contributed by atoms with Crippen LogP contribution in [0.15, 0.2) is 42.5 Å². The number of fused-ring (bicyclic) bond motifs is 1. The van der Waals surface area contributed by atoms with Gasteiger partial charge in [0.25, 0.3) is 0 Å². The lowest BCUT2D eigenvalue weighted by molar-refractivity contribution is 0.158. The number of phenols is 1. The molecule has 0 spiro atoms. The van der Waals surface area contributed by atoms with Gasteiger partial charge in [-0.15, -0.1) is 0 Å². The van der Waals surface area contributed by atoms with Crippen molar-refractivity contribution in [3.05, 3.63) is 59.2 Å². The van der Waals surface area contributed by atoms with Gasteiger partial charge in [-0.05, 0) is 37.0 Å². The maximum absolute atomic E-state index is 10.3. The predicted octanol–water partition coefficient (Wildman–Crippen LogP) is 2.71. The van der Waals surface area contributed by atoms with Gasteiger partial charge in [-0.25, -0.2) is 0 Å². The van der Waals surface area contributed by atoms with E-state index in [4.69, 9.17) is 4.74 Å². The van der Waals surface area contributed by atoms with Gasteiger partial charge in [0.05, 0.1) is 18.8 Å². The molecule has 122 valence electrons. The summed E-state index contributed by atoms with van der Waals surface area (Å²) in [7, 11) is 0. The smallest absolute Gasteiger partial charge is 0.162 e. The average molecular weight is 313 g/mol. The summed E-state index contributed by atoms with van der Waals surface area (Å²) in [5, 5.41) is 23.8. The van der Waals surface area contributed by atoms with E-state index in [1.54, 1.807) is 6.07 Å². The summed E-state index contributed by atoms with van der Waals surface area (Å²) in [6, 6.07) is 13.7. The first-order valence-corrected chi connectivity index (χ1v) is 8.08. The van der Waals surface area contributed by atoms with E-state index in [0.29, 0.717) is 18.9 Å². The maximum Gasteiger partial charge on any atom is 0.162 e. The fraction of sp³-hybridized carbons (Fsp3) is 0.368. The van der Waals surface area contributed by atoms with Gasteiger partial charge in [0.15, 0.2) is 11.5 Å². The molecule has 2 aromatic rings. The Hall–Kier alpha value is -2.04. The average Bonchev–Trinajstić information content (AvgIpc) is 2.95. The molecule has 3 N–H and O–H groups in total. The van der Waals surface area contributed by atoms with Crippen LogP contribution in [0.2, 0.25) is 0 Å². The SMILES string of the molecule is CCOc1cccc(CNC2(CO)CCc3ccccc32)c1O. The van der Waals surface area contributed by atoms with Crippen molar-refractivity contribution in [1.29, 1.82) is 0 Å². The summed E-state index contributed by atoms with van der Waals surface area (Å²) < 4.78 is 5.43. The third kappa shape index (κ3) is 2.92. The Morgan fingerprint density at radius 1 is 1.17 bits per heavy atom. The highest BCUT2D eigenvalue weighted by molar-refractivity contribution is 5.46. The molecule has 1 aliphatic carbocycles. The summed E-state index contributed by atoms with van der Waals surface area (Å²) in [5.74, 6) is 0.665. The Balaban J connectivity index is 1.81. The van der Waals surface area contributed by atoms with E-state index in [1.807, 2.05) is 31.2 Å². The standard InChI is InChI=1S/C19H23NO3/c1-2-23-17-9-5-7-15(18(17)22)12-20-19(13-21)11-10-14-6-3-4-8-16(14)19/h3-9,20-22H,2,10-13H2,1H3. The normalized spacial score (nSPS) is 19.6. The van der Waals surface area contributed by atoms with Gasteiger partial charge in [-0.3, -0.25) is 0 Å². The summed E-state index contributed by atoms with van der Waals surface area (Å²) >= 11 is 0. The van der Waals surface area contributed by atoms with Crippen molar-refractivity contribution in [2.75, 3.05) is 13.2 Å². The second kappa shape index (κ2) is 6.60. The van der Waals surface area contributed by atoms with Gasteiger partial charge in [-0.1, -0.05) is 36.4 Å². The van der Waals surface area contributed by atoms with Crippen molar-refractivity contribution in [3.8, 4) is 11.5 Å². The summed E-state index contributed by atoms with van der Waals surface area (Å²) in [4.78, 5) is 0. The van der Waals surface area contributed by atoms with E-state index in [-0.39, 0.29) is 12.4 Å². The number of aryl methyl sites for hydroxylation is 1. The number of benzene rings is 2. The van der Waals surface area contributed by atoms with Gasteiger partial charge in [0, 0.05) is 12.1 Å². The zero-order valence-electron chi connectivity index (χ0n) is 13.4. The first-order chi connectivity index (χ1) is 11.2. The minimum Gasteiger partial charge on any atom is -0.504 e.